The first-order chi connectivity index (χ1) is 7.27. The number of nitrogens with two attached hydrogens (primary N) is 1. The summed E-state index contributed by atoms with van der Waals surface area (Å²) in [7, 11) is 0. The third-order valence-corrected chi connectivity index (χ3v) is 2.96. The van der Waals surface area contributed by atoms with Gasteiger partial charge in [0, 0.05) is 18.4 Å². The van der Waals surface area contributed by atoms with Crippen LogP contribution in [-0.2, 0) is 4.79 Å². The Morgan fingerprint density at radius 2 is 2.00 bits per heavy atom. The quantitative estimate of drug-likeness (QED) is 0.798. The van der Waals surface area contributed by atoms with Crippen molar-refractivity contribution in [3.8, 4) is 0 Å². The van der Waals surface area contributed by atoms with E-state index < -0.39 is 0 Å². The average Bonchev–Trinajstić information content (AvgIpc) is 3.10. The lowest BCUT2D eigenvalue weighted by atomic mass is 10.0. The summed E-state index contributed by atoms with van der Waals surface area (Å²) in [6.45, 7) is 0. The first-order valence-corrected chi connectivity index (χ1v) is 5.60. The molecule has 1 aromatic rings. The van der Waals surface area contributed by atoms with Crippen molar-refractivity contribution in [2.24, 2.45) is 11.7 Å². The number of Topliss-reactive ketones (excluding diaryl/α,β-unsaturated/α-hetero) is 1. The summed E-state index contributed by atoms with van der Waals surface area (Å²) in [6, 6.07) is 9.99. The van der Waals surface area contributed by atoms with Crippen LogP contribution in [0.3, 0.4) is 0 Å². The molecule has 1 aromatic carbocycles. The van der Waals surface area contributed by atoms with Gasteiger partial charge in [-0.3, -0.25) is 4.79 Å². The summed E-state index contributed by atoms with van der Waals surface area (Å²) in [4.78, 5) is 11.5. The summed E-state index contributed by atoms with van der Waals surface area (Å²) < 4.78 is 0. The molecule has 0 heterocycles. The zero-order chi connectivity index (χ0) is 10.7. The van der Waals surface area contributed by atoms with Gasteiger partial charge < -0.3 is 5.73 Å². The Hall–Kier alpha value is -1.15. The normalized spacial score (nSPS) is 17.4. The molecule has 1 aliphatic carbocycles. The maximum absolute atomic E-state index is 11.5. The van der Waals surface area contributed by atoms with Gasteiger partial charge in [-0.1, -0.05) is 30.3 Å². The van der Waals surface area contributed by atoms with Crippen LogP contribution >= 0.6 is 0 Å². The van der Waals surface area contributed by atoms with E-state index in [-0.39, 0.29) is 6.04 Å². The Bertz CT molecular complexity index is 330. The Kier molecular flexibility index (Phi) is 3.17. The third-order valence-electron chi connectivity index (χ3n) is 2.96. The van der Waals surface area contributed by atoms with Crippen molar-refractivity contribution in [3.63, 3.8) is 0 Å². The van der Waals surface area contributed by atoms with E-state index in [1.165, 1.54) is 0 Å². The summed E-state index contributed by atoms with van der Waals surface area (Å²) in [6.07, 6.45) is 3.61. The Balaban J connectivity index is 1.81. The highest BCUT2D eigenvalue weighted by Crippen LogP contribution is 2.32. The molecule has 0 bridgehead atoms. The molecule has 0 radical (unpaired) electrons. The molecule has 2 rings (SSSR count). The molecule has 0 amide bonds. The molecule has 2 nitrogen and oxygen atoms in total. The maximum Gasteiger partial charge on any atom is 0.136 e. The number of hydrogen-bond donors (Lipinski definition) is 1. The highest BCUT2D eigenvalue weighted by atomic mass is 16.1. The minimum Gasteiger partial charge on any atom is -0.324 e. The van der Waals surface area contributed by atoms with Crippen molar-refractivity contribution >= 4 is 5.78 Å². The Morgan fingerprint density at radius 1 is 1.33 bits per heavy atom. The minimum absolute atomic E-state index is 0.00824. The van der Waals surface area contributed by atoms with Crippen LogP contribution in [0.25, 0.3) is 0 Å². The molecular weight excluding hydrogens is 186 g/mol. The van der Waals surface area contributed by atoms with E-state index in [2.05, 4.69) is 0 Å². The molecule has 1 unspecified atom stereocenters. The standard InChI is InChI=1S/C13H17NO/c14-12(10-4-2-1-3-5-10)8-9-13(15)11-6-7-11/h1-5,11-12H,6-9,14H2. The van der Waals surface area contributed by atoms with Gasteiger partial charge in [0.05, 0.1) is 0 Å². The number of carbonyl (C=O) groups excluding carboxylic acids is 1. The van der Waals surface area contributed by atoms with Crippen molar-refractivity contribution in [3.05, 3.63) is 35.9 Å². The van der Waals surface area contributed by atoms with Crippen LogP contribution in [-0.4, -0.2) is 5.78 Å². The second-order valence-electron chi connectivity index (χ2n) is 4.30. The van der Waals surface area contributed by atoms with Gasteiger partial charge in [-0.15, -0.1) is 0 Å². The van der Waals surface area contributed by atoms with Gasteiger partial charge >= 0.3 is 0 Å². The van der Waals surface area contributed by atoms with Crippen LogP contribution in [0.5, 0.6) is 0 Å². The predicted octanol–water partition coefficient (Wildman–Crippen LogP) is 2.45. The van der Waals surface area contributed by atoms with E-state index in [4.69, 9.17) is 5.73 Å². The maximum atomic E-state index is 11.5. The highest BCUT2D eigenvalue weighted by Gasteiger charge is 2.29. The fourth-order valence-electron chi connectivity index (χ4n) is 1.77. The summed E-state index contributed by atoms with van der Waals surface area (Å²) >= 11 is 0. The van der Waals surface area contributed by atoms with Crippen LogP contribution in [0, 0.1) is 5.92 Å². The van der Waals surface area contributed by atoms with E-state index in [0.717, 1.165) is 24.8 Å². The van der Waals surface area contributed by atoms with Gasteiger partial charge in [-0.2, -0.15) is 0 Å². The van der Waals surface area contributed by atoms with E-state index in [0.29, 0.717) is 18.1 Å². The SMILES string of the molecule is NC(CCC(=O)C1CC1)c1ccccc1. The van der Waals surface area contributed by atoms with Crippen LogP contribution in [0.2, 0.25) is 0 Å². The van der Waals surface area contributed by atoms with Crippen molar-refractivity contribution < 1.29 is 4.79 Å². The molecular formula is C13H17NO. The molecule has 0 aromatic heterocycles. The van der Waals surface area contributed by atoms with Crippen LogP contribution in [0.1, 0.15) is 37.3 Å². The molecule has 2 heteroatoms. The fourth-order valence-corrected chi connectivity index (χ4v) is 1.77. The number of benzene rings is 1. The molecule has 80 valence electrons. The van der Waals surface area contributed by atoms with Gasteiger partial charge in [0.25, 0.3) is 0 Å². The van der Waals surface area contributed by atoms with E-state index >= 15 is 0 Å². The molecule has 1 saturated carbocycles. The molecule has 15 heavy (non-hydrogen) atoms. The molecule has 1 atom stereocenters. The summed E-state index contributed by atoms with van der Waals surface area (Å²) in [5.41, 5.74) is 7.14. The van der Waals surface area contributed by atoms with E-state index in [1.807, 2.05) is 30.3 Å². The molecule has 1 aliphatic rings. The van der Waals surface area contributed by atoms with Crippen LogP contribution in [0.15, 0.2) is 30.3 Å². The number of carbonyl (C=O) groups is 1. The number of ketones is 1. The van der Waals surface area contributed by atoms with Crippen molar-refractivity contribution in [2.45, 2.75) is 31.7 Å². The predicted molar refractivity (Wildman–Crippen MR) is 60.3 cm³/mol. The van der Waals surface area contributed by atoms with Crippen LogP contribution < -0.4 is 5.73 Å². The van der Waals surface area contributed by atoms with E-state index in [9.17, 15) is 4.79 Å². The van der Waals surface area contributed by atoms with Crippen molar-refractivity contribution in [2.75, 3.05) is 0 Å². The molecule has 0 aliphatic heterocycles. The van der Waals surface area contributed by atoms with Crippen molar-refractivity contribution in [1.82, 2.24) is 0 Å². The number of rotatable bonds is 5. The van der Waals surface area contributed by atoms with Gasteiger partial charge in [0.2, 0.25) is 0 Å². The summed E-state index contributed by atoms with van der Waals surface area (Å²) in [5.74, 6) is 0.773. The lowest BCUT2D eigenvalue weighted by Gasteiger charge is -2.10. The first kappa shape index (κ1) is 10.4. The Morgan fingerprint density at radius 3 is 2.60 bits per heavy atom. The highest BCUT2D eigenvalue weighted by molar-refractivity contribution is 5.83. The van der Waals surface area contributed by atoms with Gasteiger partial charge in [-0.05, 0) is 24.8 Å². The first-order valence-electron chi connectivity index (χ1n) is 5.60. The lowest BCUT2D eigenvalue weighted by Crippen LogP contribution is -2.12. The van der Waals surface area contributed by atoms with Gasteiger partial charge in [0.1, 0.15) is 5.78 Å². The molecule has 1 fully saturated rings. The second-order valence-corrected chi connectivity index (χ2v) is 4.30. The molecule has 2 N–H and O–H groups in total. The van der Waals surface area contributed by atoms with Gasteiger partial charge in [0.15, 0.2) is 0 Å². The Labute approximate surface area is 90.5 Å². The monoisotopic (exact) mass is 203 g/mol. The van der Waals surface area contributed by atoms with E-state index in [1.54, 1.807) is 0 Å². The van der Waals surface area contributed by atoms with Crippen molar-refractivity contribution in [1.29, 1.82) is 0 Å². The lowest BCUT2D eigenvalue weighted by molar-refractivity contribution is -0.120. The average molecular weight is 203 g/mol. The fraction of sp³-hybridized carbons (Fsp3) is 0.462. The second kappa shape index (κ2) is 4.58. The zero-order valence-electron chi connectivity index (χ0n) is 8.86. The molecule has 0 spiro atoms. The smallest absolute Gasteiger partial charge is 0.136 e. The number of hydrogen-bond acceptors (Lipinski definition) is 2. The largest absolute Gasteiger partial charge is 0.324 e. The summed E-state index contributed by atoms with van der Waals surface area (Å²) in [5, 5.41) is 0. The van der Waals surface area contributed by atoms with Crippen LogP contribution in [0.4, 0.5) is 0 Å². The molecule has 0 saturated heterocycles. The topological polar surface area (TPSA) is 43.1 Å². The zero-order valence-corrected chi connectivity index (χ0v) is 8.86. The minimum atomic E-state index is 0.00824. The third kappa shape index (κ3) is 2.90. The van der Waals surface area contributed by atoms with Gasteiger partial charge in [-0.25, -0.2) is 0 Å².